The molecule has 0 aromatic heterocycles. The number of rotatable bonds is 6. The number of hydrogen-bond acceptors (Lipinski definition) is 3. The van der Waals surface area contributed by atoms with Crippen LogP contribution in [0.5, 0.6) is 5.75 Å². The SMILES string of the molecule is O=C(NC(=S)Nc1ccc(Cl)c(Cl)c1)c1ccccc1OCCc1ccccc1. The number of nitrogens with one attached hydrogen (secondary N) is 2. The molecule has 29 heavy (non-hydrogen) atoms. The van der Waals surface area contributed by atoms with Crippen molar-refractivity contribution in [3.05, 3.63) is 94.0 Å². The van der Waals surface area contributed by atoms with Crippen LogP contribution in [0, 0.1) is 0 Å². The van der Waals surface area contributed by atoms with Gasteiger partial charge in [-0.1, -0.05) is 65.7 Å². The maximum atomic E-state index is 12.7. The van der Waals surface area contributed by atoms with Gasteiger partial charge in [-0.25, -0.2) is 0 Å². The van der Waals surface area contributed by atoms with E-state index in [2.05, 4.69) is 10.6 Å². The first-order valence-corrected chi connectivity index (χ1v) is 10.0. The van der Waals surface area contributed by atoms with Crippen LogP contribution >= 0.6 is 35.4 Å². The Morgan fingerprint density at radius 2 is 1.66 bits per heavy atom. The lowest BCUT2D eigenvalue weighted by atomic mass is 10.1. The van der Waals surface area contributed by atoms with Crippen molar-refractivity contribution in [2.75, 3.05) is 11.9 Å². The summed E-state index contributed by atoms with van der Waals surface area (Å²) < 4.78 is 5.83. The van der Waals surface area contributed by atoms with Crippen molar-refractivity contribution in [3.63, 3.8) is 0 Å². The number of amides is 1. The lowest BCUT2D eigenvalue weighted by Crippen LogP contribution is -2.34. The third-order valence-corrected chi connectivity index (χ3v) is 4.97. The van der Waals surface area contributed by atoms with E-state index in [0.717, 1.165) is 6.42 Å². The standard InChI is InChI=1S/C22H18Cl2N2O2S/c23-18-11-10-16(14-19(18)24)25-22(29)26-21(27)17-8-4-5-9-20(17)28-13-12-15-6-2-1-3-7-15/h1-11,14H,12-13H2,(H2,25,26,27,29). The molecule has 0 heterocycles. The van der Waals surface area contributed by atoms with E-state index in [9.17, 15) is 4.79 Å². The van der Waals surface area contributed by atoms with Crippen LogP contribution in [0.4, 0.5) is 5.69 Å². The molecule has 148 valence electrons. The fourth-order valence-corrected chi connectivity index (χ4v) is 3.12. The lowest BCUT2D eigenvalue weighted by Gasteiger charge is -2.13. The first kappa shape index (κ1) is 21.1. The van der Waals surface area contributed by atoms with Gasteiger partial charge in [-0.2, -0.15) is 0 Å². The van der Waals surface area contributed by atoms with Crippen molar-refractivity contribution in [3.8, 4) is 5.75 Å². The van der Waals surface area contributed by atoms with E-state index in [4.69, 9.17) is 40.2 Å². The van der Waals surface area contributed by atoms with Gasteiger partial charge >= 0.3 is 0 Å². The van der Waals surface area contributed by atoms with Gasteiger partial charge in [0.2, 0.25) is 0 Å². The Morgan fingerprint density at radius 3 is 2.41 bits per heavy atom. The van der Waals surface area contributed by atoms with Gasteiger partial charge < -0.3 is 10.1 Å². The van der Waals surface area contributed by atoms with Crippen LogP contribution in [0.2, 0.25) is 10.0 Å². The Labute approximate surface area is 184 Å². The van der Waals surface area contributed by atoms with E-state index in [0.29, 0.717) is 33.7 Å². The third kappa shape index (κ3) is 6.19. The van der Waals surface area contributed by atoms with Crippen molar-refractivity contribution in [2.45, 2.75) is 6.42 Å². The molecule has 0 saturated carbocycles. The number of anilines is 1. The fraction of sp³-hybridized carbons (Fsp3) is 0.0909. The molecule has 0 fully saturated rings. The van der Waals surface area contributed by atoms with Crippen molar-refractivity contribution >= 4 is 52.1 Å². The second-order valence-electron chi connectivity index (χ2n) is 6.12. The largest absolute Gasteiger partial charge is 0.492 e. The second kappa shape index (κ2) is 10.3. The molecule has 4 nitrogen and oxygen atoms in total. The summed E-state index contributed by atoms with van der Waals surface area (Å²) in [6.45, 7) is 0.459. The van der Waals surface area contributed by atoms with Gasteiger partial charge in [0.15, 0.2) is 5.11 Å². The highest BCUT2D eigenvalue weighted by Gasteiger charge is 2.14. The summed E-state index contributed by atoms with van der Waals surface area (Å²) in [5.74, 6) is 0.135. The minimum atomic E-state index is -0.363. The zero-order valence-electron chi connectivity index (χ0n) is 15.3. The maximum Gasteiger partial charge on any atom is 0.261 e. The summed E-state index contributed by atoms with van der Waals surface area (Å²) in [6.07, 6.45) is 0.744. The molecule has 1 amide bonds. The molecule has 3 aromatic carbocycles. The second-order valence-corrected chi connectivity index (χ2v) is 7.34. The molecule has 0 aliphatic carbocycles. The summed E-state index contributed by atoms with van der Waals surface area (Å²) >= 11 is 17.1. The molecule has 0 aliphatic heterocycles. The molecule has 3 aromatic rings. The van der Waals surface area contributed by atoms with Crippen LogP contribution in [0.3, 0.4) is 0 Å². The van der Waals surface area contributed by atoms with Gasteiger partial charge in [-0.05, 0) is 48.1 Å². The molecule has 7 heteroatoms. The number of hydrogen-bond donors (Lipinski definition) is 2. The van der Waals surface area contributed by atoms with E-state index < -0.39 is 0 Å². The maximum absolute atomic E-state index is 12.7. The zero-order chi connectivity index (χ0) is 20.6. The molecule has 3 rings (SSSR count). The van der Waals surface area contributed by atoms with E-state index in [1.165, 1.54) is 5.56 Å². The highest BCUT2D eigenvalue weighted by atomic mass is 35.5. The summed E-state index contributed by atoms with van der Waals surface area (Å²) in [5, 5.41) is 6.54. The van der Waals surface area contributed by atoms with Gasteiger partial charge in [0.05, 0.1) is 22.2 Å². The van der Waals surface area contributed by atoms with E-state index in [1.54, 1.807) is 36.4 Å². The topological polar surface area (TPSA) is 50.4 Å². The number of benzene rings is 3. The number of thiocarbonyl (C=S) groups is 1. The summed E-state index contributed by atoms with van der Waals surface area (Å²) in [6, 6.07) is 22.0. The Kier molecular flexibility index (Phi) is 7.47. The van der Waals surface area contributed by atoms with Crippen molar-refractivity contribution in [1.82, 2.24) is 5.32 Å². The van der Waals surface area contributed by atoms with Crippen LogP contribution in [-0.2, 0) is 6.42 Å². The van der Waals surface area contributed by atoms with Gasteiger partial charge in [0, 0.05) is 12.1 Å². The van der Waals surface area contributed by atoms with Gasteiger partial charge in [0.25, 0.3) is 5.91 Å². The van der Waals surface area contributed by atoms with Crippen molar-refractivity contribution < 1.29 is 9.53 Å². The first-order chi connectivity index (χ1) is 14.0. The van der Waals surface area contributed by atoms with Gasteiger partial charge in [-0.15, -0.1) is 0 Å². The molecule has 0 atom stereocenters. The minimum absolute atomic E-state index is 0.146. The van der Waals surface area contributed by atoms with Gasteiger partial charge in [-0.3, -0.25) is 10.1 Å². The van der Waals surface area contributed by atoms with Crippen LogP contribution in [0.25, 0.3) is 0 Å². The number of carbonyl (C=O) groups excluding carboxylic acids is 1. The Bertz CT molecular complexity index is 1010. The Balaban J connectivity index is 1.60. The number of ether oxygens (including phenoxy) is 1. The third-order valence-electron chi connectivity index (χ3n) is 4.03. The van der Waals surface area contributed by atoms with Crippen LogP contribution < -0.4 is 15.4 Å². The normalized spacial score (nSPS) is 10.3. The number of carbonyl (C=O) groups is 1. The Morgan fingerprint density at radius 1 is 0.931 bits per heavy atom. The summed E-state index contributed by atoms with van der Waals surface area (Å²) in [7, 11) is 0. The highest BCUT2D eigenvalue weighted by molar-refractivity contribution is 7.80. The quantitative estimate of drug-likeness (QED) is 0.475. The average Bonchev–Trinajstić information content (AvgIpc) is 2.72. The Hall–Kier alpha value is -2.60. The summed E-state index contributed by atoms with van der Waals surface area (Å²) in [4.78, 5) is 12.7. The average molecular weight is 445 g/mol. The molecule has 0 bridgehead atoms. The lowest BCUT2D eigenvalue weighted by molar-refractivity contribution is 0.0974. The molecule has 2 N–H and O–H groups in total. The highest BCUT2D eigenvalue weighted by Crippen LogP contribution is 2.25. The molecule has 0 spiro atoms. The van der Waals surface area contributed by atoms with Crippen LogP contribution in [0.15, 0.2) is 72.8 Å². The molecule has 0 aliphatic rings. The van der Waals surface area contributed by atoms with Crippen LogP contribution in [-0.4, -0.2) is 17.6 Å². The van der Waals surface area contributed by atoms with E-state index in [-0.39, 0.29) is 11.0 Å². The number of para-hydroxylation sites is 1. The van der Waals surface area contributed by atoms with Gasteiger partial charge in [0.1, 0.15) is 5.75 Å². The number of halogens is 2. The predicted octanol–water partition coefficient (Wildman–Crippen LogP) is 5.74. The minimum Gasteiger partial charge on any atom is -0.492 e. The fourth-order valence-electron chi connectivity index (χ4n) is 2.61. The predicted molar refractivity (Wildman–Crippen MR) is 122 cm³/mol. The zero-order valence-corrected chi connectivity index (χ0v) is 17.7. The van der Waals surface area contributed by atoms with E-state index >= 15 is 0 Å². The van der Waals surface area contributed by atoms with Crippen LogP contribution in [0.1, 0.15) is 15.9 Å². The van der Waals surface area contributed by atoms with Crippen molar-refractivity contribution in [2.24, 2.45) is 0 Å². The first-order valence-electron chi connectivity index (χ1n) is 8.86. The van der Waals surface area contributed by atoms with E-state index in [1.807, 2.05) is 36.4 Å². The van der Waals surface area contributed by atoms with Crippen molar-refractivity contribution in [1.29, 1.82) is 0 Å². The summed E-state index contributed by atoms with van der Waals surface area (Å²) in [5.41, 5.74) is 2.19. The molecule has 0 saturated heterocycles. The monoisotopic (exact) mass is 444 g/mol. The molecule has 0 unspecified atom stereocenters. The smallest absolute Gasteiger partial charge is 0.261 e. The molecule has 0 radical (unpaired) electrons. The molecular weight excluding hydrogens is 427 g/mol. The molecular formula is C22H18Cl2N2O2S.